The molecule has 0 aromatic carbocycles. The number of aliphatic hydroxyl groups is 1. The molecule has 0 bridgehead atoms. The summed E-state index contributed by atoms with van der Waals surface area (Å²) in [5, 5.41) is 9.65. The van der Waals surface area contributed by atoms with Gasteiger partial charge in [-0.3, -0.25) is 0 Å². The van der Waals surface area contributed by atoms with E-state index >= 15 is 0 Å². The number of aryl methyl sites for hydroxylation is 1. The Bertz CT molecular complexity index is 342. The van der Waals surface area contributed by atoms with Crippen LogP contribution in [0.2, 0.25) is 0 Å². The highest BCUT2D eigenvalue weighted by Gasteiger charge is 2.22. The van der Waals surface area contributed by atoms with Crippen molar-refractivity contribution in [2.24, 2.45) is 5.73 Å². The lowest BCUT2D eigenvalue weighted by Crippen LogP contribution is -2.13. The third-order valence-electron chi connectivity index (χ3n) is 3.47. The van der Waals surface area contributed by atoms with Crippen molar-refractivity contribution in [1.29, 1.82) is 0 Å². The molecule has 0 saturated heterocycles. The smallest absolute Gasteiger partial charge is 0.136 e. The van der Waals surface area contributed by atoms with Crippen LogP contribution in [-0.2, 0) is 0 Å². The summed E-state index contributed by atoms with van der Waals surface area (Å²) in [6, 6.07) is 0. The van der Waals surface area contributed by atoms with Crippen LogP contribution in [-0.4, -0.2) is 21.6 Å². The van der Waals surface area contributed by atoms with Crippen LogP contribution in [0.15, 0.2) is 0 Å². The lowest BCUT2D eigenvalue weighted by Gasteiger charge is -2.20. The van der Waals surface area contributed by atoms with E-state index in [2.05, 4.69) is 9.97 Å². The standard InChI is InChI=1S/C12H21N3O/c1-8-11(9-5-3-2-4-6-9)15-12(14-8)10(16)7-13/h9-10,16H,2-7,13H2,1H3,(H,14,15). The number of nitrogens with one attached hydrogen (secondary N) is 1. The molecule has 1 aromatic rings. The first kappa shape index (κ1) is 11.6. The Balaban J connectivity index is 2.17. The maximum atomic E-state index is 9.65. The zero-order chi connectivity index (χ0) is 11.5. The molecular formula is C12H21N3O. The first-order valence-electron chi connectivity index (χ1n) is 6.17. The van der Waals surface area contributed by atoms with Crippen LogP contribution in [0.4, 0.5) is 0 Å². The zero-order valence-electron chi connectivity index (χ0n) is 9.87. The van der Waals surface area contributed by atoms with Gasteiger partial charge < -0.3 is 15.8 Å². The first-order valence-corrected chi connectivity index (χ1v) is 6.17. The molecule has 4 heteroatoms. The molecule has 1 atom stereocenters. The average molecular weight is 223 g/mol. The summed E-state index contributed by atoms with van der Waals surface area (Å²) >= 11 is 0. The number of hydrogen-bond donors (Lipinski definition) is 3. The van der Waals surface area contributed by atoms with E-state index in [0.29, 0.717) is 11.7 Å². The monoisotopic (exact) mass is 223 g/mol. The summed E-state index contributed by atoms with van der Waals surface area (Å²) in [6.45, 7) is 2.25. The van der Waals surface area contributed by atoms with E-state index in [9.17, 15) is 5.11 Å². The normalized spacial score (nSPS) is 19.9. The Morgan fingerprint density at radius 1 is 1.44 bits per heavy atom. The molecule has 1 heterocycles. The number of nitrogens with zero attached hydrogens (tertiary/aromatic N) is 1. The van der Waals surface area contributed by atoms with Crippen molar-refractivity contribution < 1.29 is 5.11 Å². The van der Waals surface area contributed by atoms with Gasteiger partial charge in [-0.2, -0.15) is 0 Å². The SMILES string of the molecule is Cc1[nH]c(C(O)CN)nc1C1CCCCC1. The molecule has 0 amide bonds. The molecule has 4 nitrogen and oxygen atoms in total. The molecule has 1 aliphatic carbocycles. The Morgan fingerprint density at radius 3 is 2.75 bits per heavy atom. The number of H-pyrrole nitrogens is 1. The van der Waals surface area contributed by atoms with Crippen molar-refractivity contribution in [1.82, 2.24) is 9.97 Å². The maximum absolute atomic E-state index is 9.65. The summed E-state index contributed by atoms with van der Waals surface area (Å²) < 4.78 is 0. The van der Waals surface area contributed by atoms with E-state index in [0.717, 1.165) is 11.4 Å². The van der Waals surface area contributed by atoms with Gasteiger partial charge in [-0.05, 0) is 19.8 Å². The van der Waals surface area contributed by atoms with Gasteiger partial charge >= 0.3 is 0 Å². The second kappa shape index (κ2) is 4.97. The lowest BCUT2D eigenvalue weighted by molar-refractivity contribution is 0.177. The quantitative estimate of drug-likeness (QED) is 0.731. The summed E-state index contributed by atoms with van der Waals surface area (Å²) in [4.78, 5) is 7.67. The number of nitrogens with two attached hydrogens (primary N) is 1. The number of hydrogen-bond acceptors (Lipinski definition) is 3. The van der Waals surface area contributed by atoms with Crippen LogP contribution >= 0.6 is 0 Å². The fraction of sp³-hybridized carbons (Fsp3) is 0.750. The van der Waals surface area contributed by atoms with E-state index in [1.54, 1.807) is 0 Å². The van der Waals surface area contributed by atoms with Gasteiger partial charge in [-0.1, -0.05) is 19.3 Å². The van der Waals surface area contributed by atoms with Gasteiger partial charge in [0, 0.05) is 18.2 Å². The van der Waals surface area contributed by atoms with Crippen LogP contribution in [0, 0.1) is 6.92 Å². The molecule has 0 radical (unpaired) electrons. The highest BCUT2D eigenvalue weighted by atomic mass is 16.3. The Morgan fingerprint density at radius 2 is 2.12 bits per heavy atom. The highest BCUT2D eigenvalue weighted by Crippen LogP contribution is 2.33. The molecule has 4 N–H and O–H groups in total. The summed E-state index contributed by atoms with van der Waals surface area (Å²) in [5.41, 5.74) is 7.66. The molecule has 1 saturated carbocycles. The maximum Gasteiger partial charge on any atom is 0.136 e. The van der Waals surface area contributed by atoms with E-state index in [1.807, 2.05) is 6.92 Å². The minimum atomic E-state index is -0.656. The highest BCUT2D eigenvalue weighted by molar-refractivity contribution is 5.19. The van der Waals surface area contributed by atoms with Crippen LogP contribution < -0.4 is 5.73 Å². The van der Waals surface area contributed by atoms with Gasteiger partial charge in [-0.25, -0.2) is 4.98 Å². The molecule has 0 aliphatic heterocycles. The van der Waals surface area contributed by atoms with Crippen molar-refractivity contribution in [3.63, 3.8) is 0 Å². The average Bonchev–Trinajstić information content (AvgIpc) is 2.71. The number of aliphatic hydroxyl groups excluding tert-OH is 1. The van der Waals surface area contributed by atoms with E-state index in [-0.39, 0.29) is 6.54 Å². The second-order valence-electron chi connectivity index (χ2n) is 4.72. The fourth-order valence-corrected chi connectivity index (χ4v) is 2.54. The van der Waals surface area contributed by atoms with Gasteiger partial charge in [0.25, 0.3) is 0 Å². The van der Waals surface area contributed by atoms with Crippen molar-refractivity contribution in [2.45, 2.75) is 51.0 Å². The third kappa shape index (κ3) is 2.28. The van der Waals surface area contributed by atoms with Gasteiger partial charge in [0.15, 0.2) is 0 Å². The zero-order valence-corrected chi connectivity index (χ0v) is 9.87. The Labute approximate surface area is 96.3 Å². The minimum Gasteiger partial charge on any atom is -0.384 e. The van der Waals surface area contributed by atoms with E-state index in [4.69, 9.17) is 5.73 Å². The Kier molecular flexibility index (Phi) is 3.61. The number of rotatable bonds is 3. The van der Waals surface area contributed by atoms with Crippen LogP contribution in [0.1, 0.15) is 61.3 Å². The molecule has 1 aromatic heterocycles. The predicted molar refractivity (Wildman–Crippen MR) is 63.2 cm³/mol. The number of aromatic amines is 1. The molecule has 1 unspecified atom stereocenters. The Hall–Kier alpha value is -0.870. The molecule has 1 fully saturated rings. The topological polar surface area (TPSA) is 74.9 Å². The molecule has 0 spiro atoms. The first-order chi connectivity index (χ1) is 7.72. The van der Waals surface area contributed by atoms with Gasteiger partial charge in [0.05, 0.1) is 5.69 Å². The molecule has 2 rings (SSSR count). The molecule has 90 valence electrons. The van der Waals surface area contributed by atoms with E-state index < -0.39 is 6.10 Å². The van der Waals surface area contributed by atoms with Crippen molar-refractivity contribution in [3.05, 3.63) is 17.2 Å². The fourth-order valence-electron chi connectivity index (χ4n) is 2.54. The summed E-state index contributed by atoms with van der Waals surface area (Å²) in [5.74, 6) is 1.20. The van der Waals surface area contributed by atoms with Crippen LogP contribution in [0.5, 0.6) is 0 Å². The van der Waals surface area contributed by atoms with Crippen molar-refractivity contribution in [2.75, 3.05) is 6.54 Å². The number of aromatic nitrogens is 2. The molecule has 16 heavy (non-hydrogen) atoms. The lowest BCUT2D eigenvalue weighted by atomic mass is 9.86. The van der Waals surface area contributed by atoms with Crippen LogP contribution in [0.3, 0.4) is 0 Å². The van der Waals surface area contributed by atoms with Gasteiger partial charge in [0.2, 0.25) is 0 Å². The van der Waals surface area contributed by atoms with Gasteiger partial charge in [0.1, 0.15) is 11.9 Å². The van der Waals surface area contributed by atoms with Gasteiger partial charge in [-0.15, -0.1) is 0 Å². The minimum absolute atomic E-state index is 0.219. The van der Waals surface area contributed by atoms with Crippen LogP contribution in [0.25, 0.3) is 0 Å². The van der Waals surface area contributed by atoms with E-state index in [1.165, 1.54) is 32.1 Å². The summed E-state index contributed by atoms with van der Waals surface area (Å²) in [6.07, 6.45) is 5.74. The summed E-state index contributed by atoms with van der Waals surface area (Å²) in [7, 11) is 0. The predicted octanol–water partition coefficient (Wildman–Crippen LogP) is 1.76. The largest absolute Gasteiger partial charge is 0.384 e. The van der Waals surface area contributed by atoms with Crippen molar-refractivity contribution in [3.8, 4) is 0 Å². The third-order valence-corrected chi connectivity index (χ3v) is 3.47. The molecule has 1 aliphatic rings. The molecular weight excluding hydrogens is 202 g/mol. The number of imidazole rings is 1. The van der Waals surface area contributed by atoms with Crippen molar-refractivity contribution >= 4 is 0 Å². The second-order valence-corrected chi connectivity index (χ2v) is 4.72.